The lowest BCUT2D eigenvalue weighted by Crippen LogP contribution is -2.49. The second-order valence-electron chi connectivity index (χ2n) is 5.54. The molecule has 1 aliphatic carbocycles. The lowest BCUT2D eigenvalue weighted by atomic mass is 9.96. The summed E-state index contributed by atoms with van der Waals surface area (Å²) in [7, 11) is -3.27. The zero-order valence-electron chi connectivity index (χ0n) is 11.0. The van der Waals surface area contributed by atoms with Gasteiger partial charge in [0, 0.05) is 19.1 Å². The Bertz CT molecular complexity index is 344. The van der Waals surface area contributed by atoms with Crippen molar-refractivity contribution in [1.82, 2.24) is 9.03 Å². The first-order chi connectivity index (χ1) is 8.62. The molecule has 5 nitrogen and oxygen atoms in total. The molecule has 18 heavy (non-hydrogen) atoms. The van der Waals surface area contributed by atoms with Crippen LogP contribution in [0.3, 0.4) is 0 Å². The topological polar surface area (TPSA) is 75.4 Å². The Labute approximate surface area is 110 Å². The van der Waals surface area contributed by atoms with Gasteiger partial charge in [0.2, 0.25) is 0 Å². The van der Waals surface area contributed by atoms with Crippen molar-refractivity contribution >= 4 is 10.2 Å². The first kappa shape index (κ1) is 14.2. The van der Waals surface area contributed by atoms with E-state index in [1.165, 1.54) is 6.42 Å². The summed E-state index contributed by atoms with van der Waals surface area (Å²) in [5.74, 6) is 0.492. The quantitative estimate of drug-likeness (QED) is 0.798. The molecule has 1 saturated heterocycles. The van der Waals surface area contributed by atoms with E-state index < -0.39 is 10.2 Å². The number of hydrogen-bond acceptors (Lipinski definition) is 3. The van der Waals surface area contributed by atoms with Crippen LogP contribution >= 0.6 is 0 Å². The third kappa shape index (κ3) is 3.66. The highest BCUT2D eigenvalue weighted by Crippen LogP contribution is 2.21. The van der Waals surface area contributed by atoms with E-state index in [1.807, 2.05) is 0 Å². The van der Waals surface area contributed by atoms with E-state index in [0.717, 1.165) is 38.5 Å². The van der Waals surface area contributed by atoms with Gasteiger partial charge in [0.05, 0.1) is 0 Å². The Balaban J connectivity index is 1.86. The zero-order chi connectivity index (χ0) is 13.0. The molecule has 0 bridgehead atoms. The molecule has 1 heterocycles. The maximum atomic E-state index is 12.2. The van der Waals surface area contributed by atoms with Gasteiger partial charge in [-0.15, -0.1) is 0 Å². The fourth-order valence-corrected chi connectivity index (χ4v) is 4.39. The summed E-state index contributed by atoms with van der Waals surface area (Å²) in [5, 5.41) is 0. The van der Waals surface area contributed by atoms with Crippen molar-refractivity contribution < 1.29 is 8.42 Å². The van der Waals surface area contributed by atoms with E-state index in [1.54, 1.807) is 4.31 Å². The molecule has 6 heteroatoms. The highest BCUT2D eigenvalue weighted by atomic mass is 32.2. The summed E-state index contributed by atoms with van der Waals surface area (Å²) in [6.45, 7) is 1.90. The monoisotopic (exact) mass is 275 g/mol. The van der Waals surface area contributed by atoms with Gasteiger partial charge < -0.3 is 5.73 Å². The summed E-state index contributed by atoms with van der Waals surface area (Å²) in [6, 6.07) is 0.149. The Morgan fingerprint density at radius 1 is 1.06 bits per heavy atom. The largest absolute Gasteiger partial charge is 0.330 e. The van der Waals surface area contributed by atoms with Gasteiger partial charge in [0.15, 0.2) is 0 Å². The van der Waals surface area contributed by atoms with Crippen LogP contribution in [0.2, 0.25) is 0 Å². The fraction of sp³-hybridized carbons (Fsp3) is 1.00. The number of piperidine rings is 1. The van der Waals surface area contributed by atoms with Gasteiger partial charge in [-0.1, -0.05) is 19.3 Å². The normalized spacial score (nSPS) is 25.4. The molecule has 0 aromatic rings. The van der Waals surface area contributed by atoms with Crippen molar-refractivity contribution in [3.8, 4) is 0 Å². The van der Waals surface area contributed by atoms with E-state index in [0.29, 0.717) is 25.6 Å². The average Bonchev–Trinajstić information content (AvgIpc) is 2.39. The van der Waals surface area contributed by atoms with Gasteiger partial charge in [0.25, 0.3) is 10.2 Å². The minimum Gasteiger partial charge on any atom is -0.330 e. The van der Waals surface area contributed by atoms with Crippen molar-refractivity contribution in [2.45, 2.75) is 51.0 Å². The molecule has 2 fully saturated rings. The SMILES string of the molecule is NCC1CCN(S(=O)(=O)NC2CCCCC2)CC1. The predicted octanol–water partition coefficient (Wildman–Crippen LogP) is 0.824. The molecular weight excluding hydrogens is 250 g/mol. The van der Waals surface area contributed by atoms with Crippen LogP contribution in [-0.2, 0) is 10.2 Å². The number of nitrogens with one attached hydrogen (secondary N) is 1. The minimum atomic E-state index is -3.27. The molecular formula is C12H25N3O2S. The second-order valence-corrected chi connectivity index (χ2v) is 7.24. The van der Waals surface area contributed by atoms with Crippen LogP contribution in [0.25, 0.3) is 0 Å². The zero-order valence-corrected chi connectivity index (χ0v) is 11.8. The molecule has 1 saturated carbocycles. The maximum absolute atomic E-state index is 12.2. The molecule has 0 radical (unpaired) electrons. The number of nitrogens with zero attached hydrogens (tertiary/aromatic N) is 1. The van der Waals surface area contributed by atoms with Gasteiger partial charge in [-0.05, 0) is 38.1 Å². The second kappa shape index (κ2) is 6.32. The molecule has 2 rings (SSSR count). The smallest absolute Gasteiger partial charge is 0.279 e. The van der Waals surface area contributed by atoms with Crippen LogP contribution in [-0.4, -0.2) is 38.4 Å². The highest BCUT2D eigenvalue weighted by Gasteiger charge is 2.29. The van der Waals surface area contributed by atoms with Crippen LogP contribution in [0, 0.1) is 5.92 Å². The van der Waals surface area contributed by atoms with Gasteiger partial charge in [-0.3, -0.25) is 0 Å². The van der Waals surface area contributed by atoms with E-state index in [-0.39, 0.29) is 6.04 Å². The van der Waals surface area contributed by atoms with Crippen molar-refractivity contribution in [2.75, 3.05) is 19.6 Å². The number of rotatable bonds is 4. The summed E-state index contributed by atoms with van der Waals surface area (Å²) >= 11 is 0. The van der Waals surface area contributed by atoms with Gasteiger partial charge in [0.1, 0.15) is 0 Å². The van der Waals surface area contributed by atoms with Crippen molar-refractivity contribution in [3.63, 3.8) is 0 Å². The molecule has 106 valence electrons. The molecule has 0 unspecified atom stereocenters. The van der Waals surface area contributed by atoms with Crippen LogP contribution in [0.5, 0.6) is 0 Å². The van der Waals surface area contributed by atoms with Crippen molar-refractivity contribution in [2.24, 2.45) is 11.7 Å². The van der Waals surface area contributed by atoms with Crippen LogP contribution in [0.1, 0.15) is 44.9 Å². The number of hydrogen-bond donors (Lipinski definition) is 2. The van der Waals surface area contributed by atoms with E-state index in [4.69, 9.17) is 5.73 Å². The molecule has 0 atom stereocenters. The minimum absolute atomic E-state index is 0.149. The Hall–Kier alpha value is -0.170. The molecule has 0 amide bonds. The van der Waals surface area contributed by atoms with Crippen LogP contribution in [0.15, 0.2) is 0 Å². The molecule has 1 aliphatic heterocycles. The average molecular weight is 275 g/mol. The molecule has 0 aromatic carbocycles. The van der Waals surface area contributed by atoms with E-state index >= 15 is 0 Å². The molecule has 0 spiro atoms. The van der Waals surface area contributed by atoms with Gasteiger partial charge >= 0.3 is 0 Å². The van der Waals surface area contributed by atoms with Gasteiger partial charge in [-0.25, -0.2) is 0 Å². The van der Waals surface area contributed by atoms with Crippen molar-refractivity contribution in [1.29, 1.82) is 0 Å². The molecule has 3 N–H and O–H groups in total. The van der Waals surface area contributed by atoms with Crippen LogP contribution in [0.4, 0.5) is 0 Å². The fourth-order valence-electron chi connectivity index (χ4n) is 2.89. The summed E-state index contributed by atoms with van der Waals surface area (Å²) < 4.78 is 28.9. The number of nitrogens with two attached hydrogens (primary N) is 1. The van der Waals surface area contributed by atoms with E-state index in [9.17, 15) is 8.42 Å². The van der Waals surface area contributed by atoms with Crippen LogP contribution < -0.4 is 10.5 Å². The lowest BCUT2D eigenvalue weighted by Gasteiger charge is -2.32. The van der Waals surface area contributed by atoms with E-state index in [2.05, 4.69) is 4.72 Å². The molecule has 2 aliphatic rings. The third-order valence-corrected chi connectivity index (χ3v) is 5.84. The Morgan fingerprint density at radius 3 is 2.22 bits per heavy atom. The first-order valence-electron chi connectivity index (χ1n) is 7.09. The maximum Gasteiger partial charge on any atom is 0.279 e. The summed E-state index contributed by atoms with van der Waals surface area (Å²) in [6.07, 6.45) is 7.27. The highest BCUT2D eigenvalue weighted by molar-refractivity contribution is 7.87. The predicted molar refractivity (Wildman–Crippen MR) is 72.3 cm³/mol. The molecule has 0 aromatic heterocycles. The summed E-state index contributed by atoms with van der Waals surface area (Å²) in [4.78, 5) is 0. The van der Waals surface area contributed by atoms with Crippen molar-refractivity contribution in [3.05, 3.63) is 0 Å². The van der Waals surface area contributed by atoms with Gasteiger partial charge in [-0.2, -0.15) is 17.4 Å². The lowest BCUT2D eigenvalue weighted by molar-refractivity contribution is 0.272. The first-order valence-corrected chi connectivity index (χ1v) is 8.53. The Morgan fingerprint density at radius 2 is 1.67 bits per heavy atom. The summed E-state index contributed by atoms with van der Waals surface area (Å²) in [5.41, 5.74) is 5.62. The standard InChI is InChI=1S/C12H25N3O2S/c13-10-11-6-8-15(9-7-11)18(16,17)14-12-4-2-1-3-5-12/h11-12,14H,1-10,13H2. The third-order valence-electron chi connectivity index (χ3n) is 4.17. The Kier molecular flexibility index (Phi) is 5.00.